The van der Waals surface area contributed by atoms with Gasteiger partial charge in [0.05, 0.1) is 110 Å². The van der Waals surface area contributed by atoms with Crippen molar-refractivity contribution in [2.75, 3.05) is 146 Å². The minimum Gasteiger partial charge on any atom is -0.780 e. The van der Waals surface area contributed by atoms with Crippen LogP contribution in [0.2, 0.25) is 0 Å². The molecule has 20 atom stereocenters. The summed E-state index contributed by atoms with van der Waals surface area (Å²) in [7, 11) is 1.19. The zero-order chi connectivity index (χ0) is 69.8. The Bertz CT molecular complexity index is 2160. The first-order chi connectivity index (χ1) is 44.6. The first kappa shape index (κ1) is 89.0. The lowest BCUT2D eigenvalue weighted by Gasteiger charge is -2.42. The lowest BCUT2D eigenvalue weighted by Crippen LogP contribution is -2.64. The molecule has 0 aromatic heterocycles. The highest BCUT2D eigenvalue weighted by Crippen LogP contribution is 2.46. The zero-order valence-corrected chi connectivity index (χ0v) is 60.5. The Morgan fingerprint density at radius 2 is 0.745 bits per heavy atom. The first-order valence-corrected chi connectivity index (χ1v) is 41.4. The van der Waals surface area contributed by atoms with Crippen LogP contribution in [0.25, 0.3) is 0 Å². The van der Waals surface area contributed by atoms with Gasteiger partial charge in [0, 0.05) is 72.1 Å². The van der Waals surface area contributed by atoms with Crippen LogP contribution < -0.4 is 20.0 Å². The van der Waals surface area contributed by atoms with Crippen LogP contribution in [-0.2, 0) is 141 Å². The van der Waals surface area contributed by atoms with E-state index in [9.17, 15) is 70.0 Å². The smallest absolute Gasteiger partial charge is 0.217 e. The van der Waals surface area contributed by atoms with Gasteiger partial charge in [0.1, 0.15) is 68.9 Å². The molecule has 3 saturated heterocycles. The Hall–Kier alpha value is 0.800. The summed E-state index contributed by atoms with van der Waals surface area (Å²) in [6.07, 6.45) is -10.0. The van der Waals surface area contributed by atoms with Crippen LogP contribution in [0, 0.1) is 17.3 Å². The SMILES string of the molecule is COP([O-])(=S)OCCCCOCC(COCCCOP(=O)([S-])OCCCCO[C@@H]1OC(CO)[C@H](O)[C@H](O)C1C)(COCCCOP([O-])(=S)OCCCCO[C@@H]1OC(CO)[C@H](O)[C@H](O)C1C)COCCCOP([O-])(=S)OCCCCO[C@@H]1OC(CO)[C@H](O)[C@H](O)C1NC(C)=O. The molecule has 3 aliphatic rings. The molecule has 94 heavy (non-hydrogen) atoms. The maximum absolute atomic E-state index is 13.0. The van der Waals surface area contributed by atoms with E-state index >= 15 is 0 Å². The van der Waals surface area contributed by atoms with Gasteiger partial charge in [-0.15, -0.1) is 0 Å². The second-order valence-electron chi connectivity index (χ2n) is 22.6. The number of ether oxygens (including phenoxy) is 10. The predicted octanol–water partition coefficient (Wildman–Crippen LogP) is -1.35. The molecule has 0 radical (unpaired) electrons. The Labute approximate surface area is 570 Å². The topological polar surface area (TPSA) is 464 Å². The molecule has 0 aromatic carbocycles. The van der Waals surface area contributed by atoms with Gasteiger partial charge < -0.3 is 162 Å². The van der Waals surface area contributed by atoms with Crippen LogP contribution in [-0.4, -0.2) is 278 Å². The molecular formula is C53H101NO32P4S4-4. The molecule has 3 fully saturated rings. The maximum atomic E-state index is 13.0. The highest BCUT2D eigenvalue weighted by Gasteiger charge is 2.46. The molecule has 0 spiro atoms. The molecule has 0 aromatic rings. The predicted molar refractivity (Wildman–Crippen MR) is 340 cm³/mol. The van der Waals surface area contributed by atoms with Crippen LogP contribution in [0.1, 0.15) is 91.4 Å². The Morgan fingerprint density at radius 3 is 1.11 bits per heavy atom. The number of unbranched alkanes of at least 4 members (excludes halogenated alkanes) is 4. The third-order valence-corrected chi connectivity index (χ3v) is 21.3. The average molecular weight is 1520 g/mol. The van der Waals surface area contributed by atoms with E-state index in [0.717, 1.165) is 0 Å². The summed E-state index contributed by atoms with van der Waals surface area (Å²) in [5.41, 5.74) is -1.02. The number of amides is 1. The van der Waals surface area contributed by atoms with Gasteiger partial charge in [-0.1, -0.05) is 49.3 Å². The Kier molecular flexibility index (Phi) is 45.4. The molecule has 3 aliphatic heterocycles. The van der Waals surface area contributed by atoms with Crippen LogP contribution in [0.5, 0.6) is 0 Å². The average Bonchev–Trinajstić information content (AvgIpc) is 0.843. The number of carbonyl (C=O) groups excluding carboxylic acids is 1. The number of rotatable bonds is 55. The summed E-state index contributed by atoms with van der Waals surface area (Å²) in [5.74, 6) is -1.63. The van der Waals surface area contributed by atoms with Crippen molar-refractivity contribution >= 4 is 80.5 Å². The van der Waals surface area contributed by atoms with Crippen molar-refractivity contribution in [3.05, 3.63) is 0 Å². The monoisotopic (exact) mass is 1520 g/mol. The van der Waals surface area contributed by atoms with E-state index in [4.69, 9.17) is 131 Å². The first-order valence-electron chi connectivity index (χ1n) is 31.2. The van der Waals surface area contributed by atoms with Crippen molar-refractivity contribution in [3.8, 4) is 0 Å². The lowest BCUT2D eigenvalue weighted by atomic mass is 9.92. The minimum atomic E-state index is -3.96. The van der Waals surface area contributed by atoms with E-state index in [2.05, 4.69) is 5.32 Å². The molecule has 0 aliphatic carbocycles. The highest BCUT2D eigenvalue weighted by molar-refractivity contribution is 8.32. The molecule has 33 nitrogen and oxygen atoms in total. The summed E-state index contributed by atoms with van der Waals surface area (Å²) in [4.78, 5) is 49.8. The molecule has 41 heteroatoms. The van der Waals surface area contributed by atoms with E-state index in [1.54, 1.807) is 13.8 Å². The van der Waals surface area contributed by atoms with Gasteiger partial charge in [0.2, 0.25) is 5.91 Å². The van der Waals surface area contributed by atoms with E-state index in [0.29, 0.717) is 51.4 Å². The van der Waals surface area contributed by atoms with Crippen molar-refractivity contribution in [1.82, 2.24) is 5.32 Å². The maximum Gasteiger partial charge on any atom is 0.217 e. The summed E-state index contributed by atoms with van der Waals surface area (Å²) < 4.78 is 114. The van der Waals surface area contributed by atoms with Crippen molar-refractivity contribution in [2.24, 2.45) is 17.3 Å². The molecule has 558 valence electrons. The van der Waals surface area contributed by atoms with E-state index in [-0.39, 0.29) is 138 Å². The van der Waals surface area contributed by atoms with Gasteiger partial charge in [0.25, 0.3) is 0 Å². The molecular weight excluding hydrogens is 1410 g/mol. The molecule has 0 saturated carbocycles. The number of hydrogen-bond donors (Lipinski definition) is 10. The Morgan fingerprint density at radius 1 is 0.457 bits per heavy atom. The second-order valence-corrected chi connectivity index (χ2v) is 33.7. The highest BCUT2D eigenvalue weighted by atomic mass is 32.7. The number of carbonyl (C=O) groups is 1. The summed E-state index contributed by atoms with van der Waals surface area (Å²) in [5, 5.41) is 92.5. The number of nitrogens with one attached hydrogen (secondary N) is 1. The molecule has 11 unspecified atom stereocenters. The summed E-state index contributed by atoms with van der Waals surface area (Å²) in [6, 6.07) is -1.11. The lowest BCUT2D eigenvalue weighted by molar-refractivity contribution is -0.282. The van der Waals surface area contributed by atoms with Crippen LogP contribution in [0.4, 0.5) is 0 Å². The van der Waals surface area contributed by atoms with Crippen LogP contribution in [0.15, 0.2) is 0 Å². The molecule has 10 N–H and O–H groups in total. The minimum absolute atomic E-state index is 0.00936. The van der Waals surface area contributed by atoms with E-state index < -0.39 is 150 Å². The fourth-order valence-electron chi connectivity index (χ4n) is 9.24. The quantitative estimate of drug-likeness (QED) is 0.0191. The fraction of sp³-hybridized carbons (Fsp3) is 0.981. The number of hydrogen-bond acceptors (Lipinski definition) is 36. The molecule has 0 bridgehead atoms. The third-order valence-electron chi connectivity index (χ3n) is 14.7. The molecule has 3 rings (SSSR count). The van der Waals surface area contributed by atoms with E-state index in [1.165, 1.54) is 14.0 Å². The van der Waals surface area contributed by atoms with Gasteiger partial charge in [-0.25, -0.2) is 0 Å². The van der Waals surface area contributed by atoms with E-state index in [1.807, 2.05) is 0 Å². The summed E-state index contributed by atoms with van der Waals surface area (Å²) >= 11 is 20.1. The number of aliphatic hydroxyl groups excluding tert-OH is 9. The van der Waals surface area contributed by atoms with Crippen LogP contribution >= 0.6 is 27.0 Å². The van der Waals surface area contributed by atoms with Crippen LogP contribution in [0.3, 0.4) is 0 Å². The van der Waals surface area contributed by atoms with Crippen molar-refractivity contribution in [1.29, 1.82) is 0 Å². The van der Waals surface area contributed by atoms with Crippen molar-refractivity contribution < 1.29 is 154 Å². The molecule has 3 heterocycles. The largest absolute Gasteiger partial charge is 0.780 e. The normalized spacial score (nSPS) is 30.0. The number of aliphatic hydroxyl groups is 9. The van der Waals surface area contributed by atoms with Gasteiger partial charge in [-0.05, 0) is 70.6 Å². The van der Waals surface area contributed by atoms with Crippen molar-refractivity contribution in [2.45, 2.75) is 171 Å². The van der Waals surface area contributed by atoms with Gasteiger partial charge >= 0.3 is 0 Å². The zero-order valence-electron chi connectivity index (χ0n) is 53.6. The van der Waals surface area contributed by atoms with Gasteiger partial charge in [-0.2, -0.15) is 0 Å². The third kappa shape index (κ3) is 35.3. The molecule has 1 amide bonds. The van der Waals surface area contributed by atoms with Gasteiger partial charge in [0.15, 0.2) is 25.7 Å². The fourth-order valence-corrected chi connectivity index (χ4v) is 13.6. The standard InChI is InChI=1S/C53H105NO32P4S4/c1-37-44(59)46(61)40(30-55)84-50(37)74-20-6-10-24-78-88(66,92)81-27-13-17-71-34-53(33-70-16-5-9-23-77-87(65,91)69-4,35-72-18-14-28-82-89(67,93)79-25-11-7-21-75-51-38(2)45(60)47(62)41(31-56)85-51)36-73-19-15-29-83-90(68,94)80-26-12-8-22-76-52-43(54-39(3)58)49(64)48(63)42(32-57)86-52/h37-38,40-52,55-57,59-64H,5-36H2,1-4H3,(H,54,58)(H,65,91)(H,66,92)(H,67,93)(H,68,94)/p-4/t37?,38?,40?,41?,42?,43?,44-,45-,46+,47+,48+,49-,50-,51-,52-,53?,87?,88?,89?,90?/m1/s1. The van der Waals surface area contributed by atoms with Gasteiger partial charge in [-0.3, -0.25) is 9.36 Å². The Balaban J connectivity index is 1.55. The second kappa shape index (κ2) is 47.9. The van der Waals surface area contributed by atoms with Crippen molar-refractivity contribution in [3.63, 3.8) is 0 Å². The summed E-state index contributed by atoms with van der Waals surface area (Å²) in [6.45, 7) is -12.2.